The number of aliphatic hydroxyl groups is 1. The van der Waals surface area contributed by atoms with Crippen molar-refractivity contribution in [1.29, 1.82) is 5.26 Å². The predicted molar refractivity (Wildman–Crippen MR) is 42.2 cm³/mol. The lowest BCUT2D eigenvalue weighted by molar-refractivity contribution is 0.00325. The van der Waals surface area contributed by atoms with Gasteiger partial charge < -0.3 is 5.11 Å². The van der Waals surface area contributed by atoms with Crippen LogP contribution in [0.5, 0.6) is 0 Å². The normalized spacial score (nSPS) is 31.4. The third-order valence-corrected chi connectivity index (χ3v) is 2.18. The number of rotatable bonds is 2. The Labute approximate surface area is 71.4 Å². The van der Waals surface area contributed by atoms with Gasteiger partial charge in [-0.15, -0.1) is 0 Å². The molecule has 1 atom stereocenters. The number of halogens is 1. The molecular weight excluding hydrogens is 159 g/mol. The number of hydrogen-bond acceptors (Lipinski definition) is 3. The van der Waals surface area contributed by atoms with Crippen molar-refractivity contribution < 1.29 is 9.50 Å². The summed E-state index contributed by atoms with van der Waals surface area (Å²) in [7, 11) is 0. The first kappa shape index (κ1) is 9.43. The lowest BCUT2D eigenvalue weighted by atomic mass is 9.96. The minimum absolute atomic E-state index is 0.192. The van der Waals surface area contributed by atoms with Crippen LogP contribution in [0.4, 0.5) is 4.39 Å². The lowest BCUT2D eigenvalue weighted by Crippen LogP contribution is -2.47. The highest BCUT2D eigenvalue weighted by molar-refractivity contribution is 4.90. The fourth-order valence-electron chi connectivity index (χ4n) is 1.54. The van der Waals surface area contributed by atoms with Crippen molar-refractivity contribution in [3.8, 4) is 6.07 Å². The van der Waals surface area contributed by atoms with Gasteiger partial charge in [0, 0.05) is 6.54 Å². The van der Waals surface area contributed by atoms with E-state index in [0.29, 0.717) is 6.42 Å². The van der Waals surface area contributed by atoms with Crippen LogP contribution in [0.15, 0.2) is 0 Å². The molecule has 68 valence electrons. The van der Waals surface area contributed by atoms with Crippen LogP contribution in [0.25, 0.3) is 0 Å². The maximum Gasteiger partial charge on any atom is 0.146 e. The lowest BCUT2D eigenvalue weighted by Gasteiger charge is -2.34. The Balaban J connectivity index is 2.46. The zero-order valence-electron chi connectivity index (χ0n) is 6.96. The summed E-state index contributed by atoms with van der Waals surface area (Å²) in [5, 5.41) is 17.1. The van der Waals surface area contributed by atoms with Crippen LogP contribution in [-0.4, -0.2) is 41.9 Å². The van der Waals surface area contributed by atoms with E-state index in [4.69, 9.17) is 10.4 Å². The highest BCUT2D eigenvalue weighted by Gasteiger charge is 2.34. The highest BCUT2D eigenvalue weighted by atomic mass is 19.1. The summed E-state index contributed by atoms with van der Waals surface area (Å²) in [5.74, 6) is 0. The molecule has 0 aromatic carbocycles. The molecule has 0 amide bonds. The second-order valence-electron chi connectivity index (χ2n) is 3.28. The number of nitriles is 1. The second-order valence-corrected chi connectivity index (χ2v) is 3.28. The molecule has 0 aliphatic carbocycles. The Kier molecular flexibility index (Phi) is 3.01. The van der Waals surface area contributed by atoms with Gasteiger partial charge in [-0.2, -0.15) is 5.26 Å². The summed E-state index contributed by atoms with van der Waals surface area (Å²) in [5.41, 5.74) is -1.48. The third-order valence-electron chi connectivity index (χ3n) is 2.18. The van der Waals surface area contributed by atoms with Gasteiger partial charge in [-0.1, -0.05) is 0 Å². The molecule has 1 rings (SSSR count). The summed E-state index contributed by atoms with van der Waals surface area (Å²) < 4.78 is 13.5. The van der Waals surface area contributed by atoms with Crippen LogP contribution >= 0.6 is 0 Å². The molecule has 4 heteroatoms. The second kappa shape index (κ2) is 3.83. The fourth-order valence-corrected chi connectivity index (χ4v) is 1.54. The van der Waals surface area contributed by atoms with Gasteiger partial charge in [-0.25, -0.2) is 4.39 Å². The quantitative estimate of drug-likeness (QED) is 0.610. The molecular formula is C8H13FN2O. The van der Waals surface area contributed by atoms with Crippen LogP contribution in [0.1, 0.15) is 12.8 Å². The average Bonchev–Trinajstić information content (AvgIpc) is 2.05. The van der Waals surface area contributed by atoms with E-state index < -0.39 is 12.3 Å². The first-order valence-corrected chi connectivity index (χ1v) is 4.09. The Hall–Kier alpha value is -0.660. The van der Waals surface area contributed by atoms with E-state index in [9.17, 15) is 4.39 Å². The van der Waals surface area contributed by atoms with Crippen LogP contribution in [-0.2, 0) is 0 Å². The number of aliphatic hydroxyl groups excluding tert-OH is 1. The van der Waals surface area contributed by atoms with E-state index in [0.717, 1.165) is 13.0 Å². The molecule has 1 aliphatic heterocycles. The third kappa shape index (κ3) is 2.16. The number of hydrogen-bond donors (Lipinski definition) is 1. The highest BCUT2D eigenvalue weighted by Crippen LogP contribution is 2.24. The zero-order chi connectivity index (χ0) is 9.03. The smallest absolute Gasteiger partial charge is 0.146 e. The largest absolute Gasteiger partial charge is 0.393 e. The summed E-state index contributed by atoms with van der Waals surface area (Å²) in [6, 6.07) is 1.98. The number of piperidine rings is 1. The van der Waals surface area contributed by atoms with Gasteiger partial charge in [0.05, 0.1) is 19.2 Å². The van der Waals surface area contributed by atoms with Gasteiger partial charge in [0.2, 0.25) is 0 Å². The van der Waals surface area contributed by atoms with Crippen molar-refractivity contribution in [2.45, 2.75) is 18.5 Å². The molecule has 0 spiro atoms. The number of likely N-dealkylation sites (tertiary alicyclic amines) is 1. The standard InChI is InChI=1S/C8H13FN2O/c9-8(7-12)2-1-4-11(6-8)5-3-10/h12H,1-2,4-7H2. The maximum absolute atomic E-state index is 13.5. The summed E-state index contributed by atoms with van der Waals surface area (Å²) in [4.78, 5) is 1.74. The van der Waals surface area contributed by atoms with Crippen molar-refractivity contribution in [2.24, 2.45) is 0 Å². The summed E-state index contributed by atoms with van der Waals surface area (Å²) >= 11 is 0. The molecule has 1 heterocycles. The van der Waals surface area contributed by atoms with Gasteiger partial charge in [-0.3, -0.25) is 4.90 Å². The van der Waals surface area contributed by atoms with Gasteiger partial charge in [0.15, 0.2) is 0 Å². The van der Waals surface area contributed by atoms with Crippen LogP contribution < -0.4 is 0 Å². The molecule has 1 fully saturated rings. The van der Waals surface area contributed by atoms with Crippen molar-refractivity contribution in [2.75, 3.05) is 26.2 Å². The van der Waals surface area contributed by atoms with Gasteiger partial charge in [-0.05, 0) is 19.4 Å². The molecule has 12 heavy (non-hydrogen) atoms. The molecule has 1 saturated heterocycles. The Morgan fingerprint density at radius 2 is 2.42 bits per heavy atom. The summed E-state index contributed by atoms with van der Waals surface area (Å²) in [6.07, 6.45) is 1.13. The first-order chi connectivity index (χ1) is 5.70. The van der Waals surface area contributed by atoms with Crippen molar-refractivity contribution in [3.05, 3.63) is 0 Å². The zero-order valence-corrected chi connectivity index (χ0v) is 6.96. The van der Waals surface area contributed by atoms with Crippen LogP contribution in [0.2, 0.25) is 0 Å². The molecule has 0 bridgehead atoms. The van der Waals surface area contributed by atoms with Crippen molar-refractivity contribution in [1.82, 2.24) is 4.90 Å². The topological polar surface area (TPSA) is 47.3 Å². The van der Waals surface area contributed by atoms with Gasteiger partial charge >= 0.3 is 0 Å². The molecule has 0 saturated carbocycles. The van der Waals surface area contributed by atoms with E-state index in [2.05, 4.69) is 0 Å². The van der Waals surface area contributed by atoms with E-state index in [1.807, 2.05) is 6.07 Å². The fraction of sp³-hybridized carbons (Fsp3) is 0.875. The van der Waals surface area contributed by atoms with E-state index >= 15 is 0 Å². The molecule has 0 aromatic rings. The molecule has 0 radical (unpaired) electrons. The molecule has 1 aliphatic rings. The first-order valence-electron chi connectivity index (χ1n) is 4.09. The molecule has 3 nitrogen and oxygen atoms in total. The van der Waals surface area contributed by atoms with Crippen LogP contribution in [0.3, 0.4) is 0 Å². The van der Waals surface area contributed by atoms with E-state index in [-0.39, 0.29) is 13.1 Å². The predicted octanol–water partition coefficient (Wildman–Crippen LogP) is 0.306. The number of alkyl halides is 1. The number of nitrogens with zero attached hydrogens (tertiary/aromatic N) is 2. The Morgan fingerprint density at radius 3 is 3.00 bits per heavy atom. The van der Waals surface area contributed by atoms with Crippen molar-refractivity contribution >= 4 is 0 Å². The maximum atomic E-state index is 13.5. The molecule has 1 N–H and O–H groups in total. The monoisotopic (exact) mass is 172 g/mol. The summed E-state index contributed by atoms with van der Waals surface area (Å²) in [6.45, 7) is 0.775. The van der Waals surface area contributed by atoms with E-state index in [1.165, 1.54) is 0 Å². The molecule has 0 aromatic heterocycles. The minimum atomic E-state index is -1.48. The average molecular weight is 172 g/mol. The minimum Gasteiger partial charge on any atom is -0.393 e. The SMILES string of the molecule is N#CCN1CCCC(F)(CO)C1. The van der Waals surface area contributed by atoms with Gasteiger partial charge in [0.25, 0.3) is 0 Å². The van der Waals surface area contributed by atoms with Crippen molar-refractivity contribution in [3.63, 3.8) is 0 Å². The Bertz CT molecular complexity index is 192. The van der Waals surface area contributed by atoms with E-state index in [1.54, 1.807) is 4.90 Å². The molecule has 1 unspecified atom stereocenters. The Morgan fingerprint density at radius 1 is 1.67 bits per heavy atom. The van der Waals surface area contributed by atoms with Crippen LogP contribution in [0, 0.1) is 11.3 Å². The van der Waals surface area contributed by atoms with Gasteiger partial charge in [0.1, 0.15) is 5.67 Å².